The normalized spacial score (nSPS) is 10.8. The van der Waals surface area contributed by atoms with Crippen LogP contribution in [0.2, 0.25) is 0 Å². The van der Waals surface area contributed by atoms with Crippen molar-refractivity contribution in [1.82, 2.24) is 0 Å². The van der Waals surface area contributed by atoms with E-state index in [0.717, 1.165) is 16.7 Å². The molecule has 1 N–H and O–H groups in total. The lowest BCUT2D eigenvalue weighted by atomic mass is 10.1. The van der Waals surface area contributed by atoms with E-state index in [-0.39, 0.29) is 5.57 Å². The fraction of sp³-hybridized carbons (Fsp3) is 0.154. The minimum absolute atomic E-state index is 0.000845. The number of ether oxygens (including phenoxy) is 2. The highest BCUT2D eigenvalue weighted by atomic mass is 16.5. The molecule has 0 radical (unpaired) electrons. The monoisotopic (exact) mass is 412 g/mol. The van der Waals surface area contributed by atoms with E-state index in [4.69, 9.17) is 9.47 Å². The summed E-state index contributed by atoms with van der Waals surface area (Å²) in [6.45, 7) is 4.27. The van der Waals surface area contributed by atoms with E-state index in [1.165, 1.54) is 6.08 Å². The minimum atomic E-state index is -0.459. The van der Waals surface area contributed by atoms with Gasteiger partial charge in [-0.2, -0.15) is 5.26 Å². The van der Waals surface area contributed by atoms with Gasteiger partial charge in [0.25, 0.3) is 5.91 Å². The molecule has 0 aromatic heterocycles. The molecule has 156 valence electrons. The van der Waals surface area contributed by atoms with Crippen LogP contribution < -0.4 is 14.8 Å². The molecule has 31 heavy (non-hydrogen) atoms. The molecule has 0 aliphatic rings. The number of hydrogen-bond acceptors (Lipinski definition) is 4. The number of methoxy groups -OCH3 is 1. The number of aryl methyl sites for hydroxylation is 2. The summed E-state index contributed by atoms with van der Waals surface area (Å²) < 4.78 is 11.3. The molecular weight excluding hydrogens is 388 g/mol. The van der Waals surface area contributed by atoms with Gasteiger partial charge >= 0.3 is 0 Å². The predicted octanol–water partition coefficient (Wildman–Crippen LogP) is 5.44. The summed E-state index contributed by atoms with van der Waals surface area (Å²) in [7, 11) is 1.55. The Balaban J connectivity index is 1.77. The quantitative estimate of drug-likeness (QED) is 0.414. The lowest BCUT2D eigenvalue weighted by Crippen LogP contribution is -2.14. The topological polar surface area (TPSA) is 71.3 Å². The summed E-state index contributed by atoms with van der Waals surface area (Å²) in [4.78, 5) is 12.6. The van der Waals surface area contributed by atoms with Crippen molar-refractivity contribution in [3.05, 3.63) is 94.6 Å². The molecule has 0 atom stereocenters. The predicted molar refractivity (Wildman–Crippen MR) is 122 cm³/mol. The zero-order chi connectivity index (χ0) is 22.2. The van der Waals surface area contributed by atoms with E-state index in [9.17, 15) is 10.1 Å². The van der Waals surface area contributed by atoms with Crippen LogP contribution in [0.1, 0.15) is 22.3 Å². The second-order valence-electron chi connectivity index (χ2n) is 7.13. The van der Waals surface area contributed by atoms with Gasteiger partial charge in [0.2, 0.25) is 0 Å². The van der Waals surface area contributed by atoms with Crippen LogP contribution in [0.15, 0.2) is 72.3 Å². The summed E-state index contributed by atoms with van der Waals surface area (Å²) in [5, 5.41) is 12.3. The number of benzene rings is 3. The van der Waals surface area contributed by atoms with Crippen molar-refractivity contribution in [1.29, 1.82) is 5.26 Å². The minimum Gasteiger partial charge on any atom is -0.493 e. The first-order valence-electron chi connectivity index (χ1n) is 9.85. The van der Waals surface area contributed by atoms with Crippen LogP contribution in [-0.2, 0) is 11.4 Å². The van der Waals surface area contributed by atoms with Crippen LogP contribution in [0.25, 0.3) is 6.08 Å². The van der Waals surface area contributed by atoms with Crippen molar-refractivity contribution in [3.63, 3.8) is 0 Å². The third-order valence-corrected chi connectivity index (χ3v) is 4.74. The van der Waals surface area contributed by atoms with Crippen molar-refractivity contribution in [3.8, 4) is 17.6 Å². The first-order chi connectivity index (χ1) is 15.0. The lowest BCUT2D eigenvalue weighted by Gasteiger charge is -2.12. The van der Waals surface area contributed by atoms with Crippen molar-refractivity contribution in [2.75, 3.05) is 12.4 Å². The molecule has 0 bridgehead atoms. The second kappa shape index (κ2) is 10.1. The summed E-state index contributed by atoms with van der Waals surface area (Å²) >= 11 is 0. The molecular formula is C26H24N2O3. The lowest BCUT2D eigenvalue weighted by molar-refractivity contribution is -0.112. The first-order valence-corrected chi connectivity index (χ1v) is 9.85. The average Bonchev–Trinajstić information content (AvgIpc) is 2.79. The molecule has 0 unspecified atom stereocenters. The molecule has 5 heteroatoms. The maximum absolute atomic E-state index is 12.6. The molecule has 3 aromatic rings. The standard InChI is InChI=1S/C26H24N2O3/c1-18-9-10-19(2)23(13-18)28-26(29)22(16-27)14-21-11-12-24(25(15-21)30-3)31-17-20-7-5-4-6-8-20/h4-15H,17H2,1-3H3,(H,28,29)/b22-14-. The number of amides is 1. The Morgan fingerprint density at radius 3 is 2.52 bits per heavy atom. The fourth-order valence-corrected chi connectivity index (χ4v) is 3.00. The van der Waals surface area contributed by atoms with Gasteiger partial charge in [-0.1, -0.05) is 48.5 Å². The number of nitrogens with zero attached hydrogens (tertiary/aromatic N) is 1. The Bertz CT molecular complexity index is 1150. The zero-order valence-corrected chi connectivity index (χ0v) is 17.8. The highest BCUT2D eigenvalue weighted by Crippen LogP contribution is 2.30. The van der Waals surface area contributed by atoms with Gasteiger partial charge in [-0.25, -0.2) is 0 Å². The largest absolute Gasteiger partial charge is 0.493 e. The van der Waals surface area contributed by atoms with E-state index in [1.807, 2.05) is 68.4 Å². The maximum Gasteiger partial charge on any atom is 0.266 e. The third kappa shape index (κ3) is 5.74. The number of nitrogens with one attached hydrogen (secondary N) is 1. The number of rotatable bonds is 7. The molecule has 0 fully saturated rings. The van der Waals surface area contributed by atoms with E-state index in [0.29, 0.717) is 29.4 Å². The molecule has 0 spiro atoms. The SMILES string of the molecule is COc1cc(/C=C(/C#N)C(=O)Nc2cc(C)ccc2C)ccc1OCc1ccccc1. The zero-order valence-electron chi connectivity index (χ0n) is 17.8. The van der Waals surface area contributed by atoms with Crippen LogP contribution in [0, 0.1) is 25.2 Å². The highest BCUT2D eigenvalue weighted by Gasteiger charge is 2.12. The summed E-state index contributed by atoms with van der Waals surface area (Å²) in [5.74, 6) is 0.651. The van der Waals surface area contributed by atoms with Crippen molar-refractivity contribution in [2.24, 2.45) is 0 Å². The van der Waals surface area contributed by atoms with E-state index in [1.54, 1.807) is 25.3 Å². The average molecular weight is 412 g/mol. The fourth-order valence-electron chi connectivity index (χ4n) is 3.00. The Hall–Kier alpha value is -4.04. The number of hydrogen-bond donors (Lipinski definition) is 1. The Labute approximate surface area is 182 Å². The van der Waals surface area contributed by atoms with Gasteiger partial charge in [-0.05, 0) is 60.4 Å². The van der Waals surface area contributed by atoms with E-state index in [2.05, 4.69) is 5.32 Å². The van der Waals surface area contributed by atoms with Gasteiger partial charge in [0, 0.05) is 5.69 Å². The van der Waals surface area contributed by atoms with Crippen molar-refractivity contribution < 1.29 is 14.3 Å². The summed E-state index contributed by atoms with van der Waals surface area (Å²) in [5.41, 5.74) is 4.35. The number of nitriles is 1. The first kappa shape index (κ1) is 21.7. The molecule has 0 saturated carbocycles. The number of carbonyl (C=O) groups excluding carboxylic acids is 1. The Morgan fingerprint density at radius 2 is 1.81 bits per heavy atom. The molecule has 0 aliphatic heterocycles. The summed E-state index contributed by atoms with van der Waals surface area (Å²) in [6, 6.07) is 22.9. The Kier molecular flexibility index (Phi) is 7.08. The summed E-state index contributed by atoms with van der Waals surface area (Å²) in [6.07, 6.45) is 1.53. The van der Waals surface area contributed by atoms with Crippen LogP contribution in [0.3, 0.4) is 0 Å². The van der Waals surface area contributed by atoms with Crippen LogP contribution in [0.4, 0.5) is 5.69 Å². The highest BCUT2D eigenvalue weighted by molar-refractivity contribution is 6.10. The van der Waals surface area contributed by atoms with Gasteiger partial charge in [-0.15, -0.1) is 0 Å². The molecule has 5 nitrogen and oxygen atoms in total. The van der Waals surface area contributed by atoms with Crippen LogP contribution in [-0.4, -0.2) is 13.0 Å². The number of anilines is 1. The van der Waals surface area contributed by atoms with E-state index >= 15 is 0 Å². The molecule has 0 heterocycles. The maximum atomic E-state index is 12.6. The van der Waals surface area contributed by atoms with Gasteiger partial charge in [0.05, 0.1) is 7.11 Å². The molecule has 1 amide bonds. The van der Waals surface area contributed by atoms with Crippen LogP contribution >= 0.6 is 0 Å². The second-order valence-corrected chi connectivity index (χ2v) is 7.13. The van der Waals surface area contributed by atoms with Crippen LogP contribution in [0.5, 0.6) is 11.5 Å². The van der Waals surface area contributed by atoms with Crippen molar-refractivity contribution in [2.45, 2.75) is 20.5 Å². The molecule has 0 aliphatic carbocycles. The molecule has 3 aromatic carbocycles. The molecule has 0 saturated heterocycles. The van der Waals surface area contributed by atoms with Gasteiger partial charge in [0.15, 0.2) is 11.5 Å². The number of carbonyl (C=O) groups is 1. The molecule has 3 rings (SSSR count). The third-order valence-electron chi connectivity index (χ3n) is 4.74. The van der Waals surface area contributed by atoms with Crippen molar-refractivity contribution >= 4 is 17.7 Å². The smallest absolute Gasteiger partial charge is 0.266 e. The Morgan fingerprint density at radius 1 is 1.03 bits per heavy atom. The van der Waals surface area contributed by atoms with Gasteiger partial charge in [0.1, 0.15) is 18.2 Å². The van der Waals surface area contributed by atoms with E-state index < -0.39 is 5.91 Å². The van der Waals surface area contributed by atoms with Gasteiger partial charge in [-0.3, -0.25) is 4.79 Å². The van der Waals surface area contributed by atoms with Gasteiger partial charge < -0.3 is 14.8 Å².